The number of hydrogen-bond acceptors (Lipinski definition) is 8. The summed E-state index contributed by atoms with van der Waals surface area (Å²) in [6.07, 6.45) is 0.935. The number of nitrogens with one attached hydrogen (secondary N) is 1. The van der Waals surface area contributed by atoms with Crippen LogP contribution in [-0.2, 0) is 4.79 Å². The first-order chi connectivity index (χ1) is 14.6. The zero-order chi connectivity index (χ0) is 23.0. The maximum Gasteiger partial charge on any atom is 0.573 e. The van der Waals surface area contributed by atoms with Gasteiger partial charge >= 0.3 is 6.36 Å². The van der Waals surface area contributed by atoms with Crippen LogP contribution in [0.25, 0.3) is 5.95 Å². The van der Waals surface area contributed by atoms with Crippen molar-refractivity contribution >= 4 is 24.1 Å². The number of ether oxygens (including phenoxy) is 1. The minimum Gasteiger partial charge on any atom is -0.406 e. The first kappa shape index (κ1) is 23.9. The molecule has 0 saturated heterocycles. The van der Waals surface area contributed by atoms with E-state index in [9.17, 15) is 18.0 Å². The lowest BCUT2D eigenvalue weighted by Gasteiger charge is -2.10. The van der Waals surface area contributed by atoms with Crippen molar-refractivity contribution in [3.8, 4) is 11.7 Å². The van der Waals surface area contributed by atoms with Crippen LogP contribution < -0.4 is 15.8 Å². The quantitative estimate of drug-likeness (QED) is 0.430. The van der Waals surface area contributed by atoms with Crippen LogP contribution in [0.5, 0.6) is 5.75 Å². The first-order valence-corrected chi connectivity index (χ1v) is 9.96. The number of thioether (sulfide) groups is 1. The fourth-order valence-electron chi connectivity index (χ4n) is 2.37. The Morgan fingerprint density at radius 1 is 1.26 bits per heavy atom. The summed E-state index contributed by atoms with van der Waals surface area (Å²) in [5, 5.41) is 6.56. The number of hydrogen-bond donors (Lipinski definition) is 2. The van der Waals surface area contributed by atoms with E-state index in [4.69, 9.17) is 5.73 Å². The van der Waals surface area contributed by atoms with Crippen LogP contribution in [0.3, 0.4) is 0 Å². The maximum absolute atomic E-state index is 11.9. The molecule has 9 nitrogen and oxygen atoms in total. The number of amides is 1. The Hall–Kier alpha value is -3.35. The molecular formula is C18H20F3N7O2S. The van der Waals surface area contributed by atoms with Gasteiger partial charge in [0.15, 0.2) is 5.82 Å². The number of rotatable bonds is 6. The van der Waals surface area contributed by atoms with Crippen molar-refractivity contribution in [1.29, 1.82) is 0 Å². The van der Waals surface area contributed by atoms with Crippen LogP contribution in [0, 0.1) is 6.92 Å². The summed E-state index contributed by atoms with van der Waals surface area (Å²) in [4.78, 5) is 23.3. The summed E-state index contributed by atoms with van der Waals surface area (Å²) >= 11 is 1.38. The zero-order valence-electron chi connectivity index (χ0n) is 16.8. The van der Waals surface area contributed by atoms with E-state index in [1.807, 2.05) is 0 Å². The highest BCUT2D eigenvalue weighted by Gasteiger charge is 2.31. The molecule has 1 amide bonds. The number of halogens is 3. The Kier molecular flexibility index (Phi) is 8.19. The van der Waals surface area contributed by atoms with Crippen LogP contribution in [-0.4, -0.2) is 43.8 Å². The van der Waals surface area contributed by atoms with Gasteiger partial charge in [-0.05, 0) is 49.9 Å². The lowest BCUT2D eigenvalue weighted by Crippen LogP contribution is -2.21. The van der Waals surface area contributed by atoms with Crippen molar-refractivity contribution in [1.82, 2.24) is 30.0 Å². The molecule has 0 spiro atoms. The second kappa shape index (κ2) is 10.6. The van der Waals surface area contributed by atoms with Crippen LogP contribution in [0.1, 0.15) is 24.4 Å². The Labute approximate surface area is 180 Å². The molecule has 0 fully saturated rings. The summed E-state index contributed by atoms with van der Waals surface area (Å²) < 4.78 is 40.9. The van der Waals surface area contributed by atoms with E-state index in [1.165, 1.54) is 28.6 Å². The van der Waals surface area contributed by atoms with Crippen molar-refractivity contribution in [3.63, 3.8) is 0 Å². The SMILES string of the molecule is CSc1cc(C)cc(OC(F)(F)F)c1.C[C@H](NC=O)c1nc(N)nn1-c1ncccn1. The van der Waals surface area contributed by atoms with E-state index in [2.05, 4.69) is 30.1 Å². The average Bonchev–Trinajstić information content (AvgIpc) is 3.09. The van der Waals surface area contributed by atoms with Gasteiger partial charge in [-0.1, -0.05) is 0 Å². The summed E-state index contributed by atoms with van der Waals surface area (Å²) in [6.45, 7) is 3.49. The number of aromatic nitrogens is 5. The summed E-state index contributed by atoms with van der Waals surface area (Å²) in [5.41, 5.74) is 6.28. The molecule has 3 N–H and O–H groups in total. The lowest BCUT2D eigenvalue weighted by atomic mass is 10.2. The molecule has 0 bridgehead atoms. The number of carbonyl (C=O) groups excluding carboxylic acids is 1. The van der Waals surface area contributed by atoms with Gasteiger partial charge in [-0.25, -0.2) is 9.97 Å². The van der Waals surface area contributed by atoms with Crippen molar-refractivity contribution in [2.45, 2.75) is 31.1 Å². The van der Waals surface area contributed by atoms with E-state index in [1.54, 1.807) is 44.6 Å². The van der Waals surface area contributed by atoms with Crippen LogP contribution in [0.15, 0.2) is 41.6 Å². The normalized spacial score (nSPS) is 11.8. The third kappa shape index (κ3) is 7.44. The topological polar surface area (TPSA) is 121 Å². The van der Waals surface area contributed by atoms with Crippen LogP contribution in [0.2, 0.25) is 0 Å². The van der Waals surface area contributed by atoms with E-state index >= 15 is 0 Å². The number of aryl methyl sites for hydroxylation is 1. The number of nitrogens with zero attached hydrogens (tertiary/aromatic N) is 5. The predicted octanol–water partition coefficient (Wildman–Crippen LogP) is 3.06. The molecule has 0 radical (unpaired) electrons. The molecule has 2 aromatic heterocycles. The highest BCUT2D eigenvalue weighted by atomic mass is 32.2. The highest BCUT2D eigenvalue weighted by molar-refractivity contribution is 7.98. The Balaban J connectivity index is 0.000000225. The van der Waals surface area contributed by atoms with Gasteiger partial charge in [0, 0.05) is 17.3 Å². The van der Waals surface area contributed by atoms with E-state index in [-0.39, 0.29) is 17.7 Å². The van der Waals surface area contributed by atoms with Crippen LogP contribution in [0.4, 0.5) is 19.1 Å². The highest BCUT2D eigenvalue weighted by Crippen LogP contribution is 2.28. The molecule has 0 aliphatic heterocycles. The van der Waals surface area contributed by atoms with Crippen molar-refractivity contribution in [2.24, 2.45) is 0 Å². The predicted molar refractivity (Wildman–Crippen MR) is 109 cm³/mol. The maximum atomic E-state index is 11.9. The van der Waals surface area contributed by atoms with Crippen molar-refractivity contribution < 1.29 is 22.7 Å². The largest absolute Gasteiger partial charge is 0.573 e. The minimum atomic E-state index is -4.62. The number of nitrogen functional groups attached to an aromatic ring is 1. The molecule has 166 valence electrons. The average molecular weight is 455 g/mol. The molecule has 31 heavy (non-hydrogen) atoms. The van der Waals surface area contributed by atoms with Gasteiger partial charge in [-0.3, -0.25) is 4.79 Å². The van der Waals surface area contributed by atoms with Crippen molar-refractivity contribution in [2.75, 3.05) is 12.0 Å². The second-order valence-electron chi connectivity index (χ2n) is 6.03. The Morgan fingerprint density at radius 3 is 2.52 bits per heavy atom. The van der Waals surface area contributed by atoms with E-state index in [0.717, 1.165) is 10.5 Å². The monoisotopic (exact) mass is 455 g/mol. The summed E-state index contributed by atoms with van der Waals surface area (Å²) in [6, 6.07) is 5.88. The van der Waals surface area contributed by atoms with Crippen LogP contribution >= 0.6 is 11.8 Å². The number of anilines is 1. The number of nitrogens with two attached hydrogens (primary N) is 1. The smallest absolute Gasteiger partial charge is 0.406 e. The molecule has 0 unspecified atom stereocenters. The molecule has 13 heteroatoms. The molecule has 3 aromatic rings. The lowest BCUT2D eigenvalue weighted by molar-refractivity contribution is -0.274. The van der Waals surface area contributed by atoms with Gasteiger partial charge in [-0.15, -0.1) is 30.0 Å². The van der Waals surface area contributed by atoms with Gasteiger partial charge in [0.25, 0.3) is 5.95 Å². The Bertz CT molecular complexity index is 1000. The zero-order valence-corrected chi connectivity index (χ0v) is 17.6. The minimum absolute atomic E-state index is 0.104. The van der Waals surface area contributed by atoms with Crippen molar-refractivity contribution in [3.05, 3.63) is 48.0 Å². The van der Waals surface area contributed by atoms with Gasteiger partial charge in [-0.2, -0.15) is 9.67 Å². The molecular weight excluding hydrogens is 435 g/mol. The third-order valence-electron chi connectivity index (χ3n) is 3.59. The first-order valence-electron chi connectivity index (χ1n) is 8.74. The molecule has 0 aliphatic carbocycles. The molecule has 0 aliphatic rings. The van der Waals surface area contributed by atoms with Gasteiger partial charge in [0.2, 0.25) is 12.4 Å². The molecule has 0 saturated carbocycles. The second-order valence-corrected chi connectivity index (χ2v) is 6.91. The van der Waals surface area contributed by atoms with E-state index in [0.29, 0.717) is 18.2 Å². The summed E-state index contributed by atoms with van der Waals surface area (Å²) in [7, 11) is 0. The molecule has 2 heterocycles. The Morgan fingerprint density at radius 2 is 1.94 bits per heavy atom. The molecule has 1 atom stereocenters. The standard InChI is InChI=1S/C9H9F3OS.C9H11N7O/c1-6-3-7(13-9(10,11)12)5-8(4-6)14-2;1-6(13-5-17)7-14-8(10)15-16(7)9-11-3-2-4-12-9/h3-5H,1-2H3;2-6H,1H3,(H2,10,15)(H,13,17)/t;6-/m.0/s1. The molecule has 3 rings (SSSR count). The van der Waals surface area contributed by atoms with Gasteiger partial charge in [0.1, 0.15) is 5.75 Å². The fourth-order valence-corrected chi connectivity index (χ4v) is 2.91. The van der Waals surface area contributed by atoms with Gasteiger partial charge < -0.3 is 15.8 Å². The summed E-state index contributed by atoms with van der Waals surface area (Å²) in [5.74, 6) is 0.765. The molecule has 1 aromatic carbocycles. The fraction of sp³-hybridized carbons (Fsp3) is 0.278. The third-order valence-corrected chi connectivity index (χ3v) is 4.30. The number of benzene rings is 1. The number of carbonyl (C=O) groups is 1. The van der Waals surface area contributed by atoms with E-state index < -0.39 is 6.36 Å². The van der Waals surface area contributed by atoms with Gasteiger partial charge in [0.05, 0.1) is 6.04 Å². The number of alkyl halides is 3.